The fourth-order valence-corrected chi connectivity index (χ4v) is 4.16. The molecule has 0 bridgehead atoms. The fourth-order valence-electron chi connectivity index (χ4n) is 4.16. The molecule has 0 amide bonds. The van der Waals surface area contributed by atoms with E-state index >= 15 is 0 Å². The van der Waals surface area contributed by atoms with E-state index in [1.165, 1.54) is 0 Å². The molecule has 1 heterocycles. The third kappa shape index (κ3) is 2.75. The molecule has 0 spiro atoms. The Morgan fingerprint density at radius 2 is 1.96 bits per heavy atom. The molecule has 6 heteroatoms. The van der Waals surface area contributed by atoms with Crippen LogP contribution < -0.4 is 0 Å². The number of ether oxygens (including phenoxy) is 2. The summed E-state index contributed by atoms with van der Waals surface area (Å²) in [5.74, 6) is -2.18. The molecule has 0 aromatic rings. The summed E-state index contributed by atoms with van der Waals surface area (Å²) in [5, 5.41) is 19.2. The van der Waals surface area contributed by atoms with Gasteiger partial charge in [-0.1, -0.05) is 31.9 Å². The molecule has 1 saturated heterocycles. The summed E-state index contributed by atoms with van der Waals surface area (Å²) < 4.78 is 11.0. The van der Waals surface area contributed by atoms with E-state index in [9.17, 15) is 14.7 Å². The number of carbonyl (C=O) groups is 2. The van der Waals surface area contributed by atoms with E-state index in [1.807, 2.05) is 0 Å². The normalized spacial score (nSPS) is 37.2. The van der Waals surface area contributed by atoms with Gasteiger partial charge in [-0.25, -0.2) is 9.59 Å². The lowest BCUT2D eigenvalue weighted by atomic mass is 9.81. The Kier molecular flexibility index (Phi) is 4.43. The van der Waals surface area contributed by atoms with Gasteiger partial charge in [-0.05, 0) is 17.9 Å². The minimum atomic E-state index is -0.725. The molecule has 3 aliphatic rings. The van der Waals surface area contributed by atoms with Gasteiger partial charge in [-0.3, -0.25) is 0 Å². The molecule has 2 N–H and O–H groups in total. The van der Waals surface area contributed by atoms with E-state index < -0.39 is 42.8 Å². The van der Waals surface area contributed by atoms with Crippen molar-refractivity contribution in [3.05, 3.63) is 48.6 Å². The van der Waals surface area contributed by atoms with Crippen molar-refractivity contribution in [2.75, 3.05) is 6.61 Å². The average molecular weight is 346 g/mol. The van der Waals surface area contributed by atoms with Gasteiger partial charge < -0.3 is 19.7 Å². The van der Waals surface area contributed by atoms with Crippen molar-refractivity contribution in [1.29, 1.82) is 0 Å². The van der Waals surface area contributed by atoms with Crippen LogP contribution in [0.25, 0.3) is 0 Å². The molecule has 6 unspecified atom stereocenters. The van der Waals surface area contributed by atoms with E-state index in [4.69, 9.17) is 14.6 Å². The van der Waals surface area contributed by atoms with Crippen molar-refractivity contribution < 1.29 is 29.3 Å². The first-order chi connectivity index (χ1) is 11.8. The monoisotopic (exact) mass is 346 g/mol. The molecule has 3 rings (SSSR count). The van der Waals surface area contributed by atoms with Gasteiger partial charge in [-0.2, -0.15) is 0 Å². The Hall–Kier alpha value is -2.18. The molecule has 0 aromatic carbocycles. The number of aliphatic hydroxyl groups is 2. The topological polar surface area (TPSA) is 93.1 Å². The van der Waals surface area contributed by atoms with Gasteiger partial charge in [0.1, 0.15) is 12.2 Å². The molecule has 0 radical (unpaired) electrons. The maximum atomic E-state index is 12.1. The van der Waals surface area contributed by atoms with Crippen LogP contribution >= 0.6 is 0 Å². The van der Waals surface area contributed by atoms with Crippen LogP contribution in [0.4, 0.5) is 0 Å². The molecule has 0 aromatic heterocycles. The number of hydrogen-bond donors (Lipinski definition) is 2. The highest BCUT2D eigenvalue weighted by Crippen LogP contribution is 2.52. The maximum absolute atomic E-state index is 12.1. The van der Waals surface area contributed by atoms with Crippen molar-refractivity contribution in [1.82, 2.24) is 0 Å². The van der Waals surface area contributed by atoms with Crippen LogP contribution in [0.15, 0.2) is 48.6 Å². The van der Waals surface area contributed by atoms with Gasteiger partial charge in [0.2, 0.25) is 0 Å². The summed E-state index contributed by atoms with van der Waals surface area (Å²) in [4.78, 5) is 24.2. The number of rotatable bonds is 3. The Morgan fingerprint density at radius 1 is 1.28 bits per heavy atom. The number of hydrogen-bond acceptors (Lipinski definition) is 6. The molecule has 2 saturated carbocycles. The Balaban J connectivity index is 1.96. The van der Waals surface area contributed by atoms with E-state index in [-0.39, 0.29) is 23.0 Å². The molecule has 3 fully saturated rings. The lowest BCUT2D eigenvalue weighted by Crippen LogP contribution is -2.36. The van der Waals surface area contributed by atoms with Gasteiger partial charge in [0.25, 0.3) is 0 Å². The van der Waals surface area contributed by atoms with E-state index in [0.717, 1.165) is 5.57 Å². The van der Waals surface area contributed by atoms with E-state index in [1.54, 1.807) is 0 Å². The van der Waals surface area contributed by atoms with Crippen molar-refractivity contribution in [3.8, 4) is 0 Å². The lowest BCUT2D eigenvalue weighted by Gasteiger charge is -2.28. The summed E-state index contributed by atoms with van der Waals surface area (Å²) in [7, 11) is 0. The summed E-state index contributed by atoms with van der Waals surface area (Å²) in [5.41, 5.74) is 1.59. The van der Waals surface area contributed by atoms with Crippen LogP contribution in [0, 0.1) is 17.8 Å². The Bertz CT molecular complexity index is 690. The molecule has 6 nitrogen and oxygen atoms in total. The Morgan fingerprint density at radius 3 is 2.60 bits per heavy atom. The minimum Gasteiger partial charge on any atom is -0.458 e. The van der Waals surface area contributed by atoms with Gasteiger partial charge in [0.05, 0.1) is 24.2 Å². The second-order valence-electron chi connectivity index (χ2n) is 6.95. The van der Waals surface area contributed by atoms with Gasteiger partial charge in [0, 0.05) is 17.9 Å². The molecule has 1 aliphatic heterocycles. The van der Waals surface area contributed by atoms with Crippen LogP contribution in [-0.2, 0) is 19.1 Å². The van der Waals surface area contributed by atoms with Crippen molar-refractivity contribution >= 4 is 11.9 Å². The van der Waals surface area contributed by atoms with Gasteiger partial charge in [0.15, 0.2) is 0 Å². The minimum absolute atomic E-state index is 0.0673. The van der Waals surface area contributed by atoms with Crippen molar-refractivity contribution in [2.45, 2.75) is 31.2 Å². The van der Waals surface area contributed by atoms with Crippen LogP contribution in [0.5, 0.6) is 0 Å². The maximum Gasteiger partial charge on any atom is 0.336 e. The van der Waals surface area contributed by atoms with Crippen molar-refractivity contribution in [3.63, 3.8) is 0 Å². The number of aliphatic hydroxyl groups excluding tert-OH is 2. The zero-order chi connectivity index (χ0) is 18.5. The summed E-state index contributed by atoms with van der Waals surface area (Å²) >= 11 is 0. The van der Waals surface area contributed by atoms with Gasteiger partial charge in [-0.15, -0.1) is 0 Å². The lowest BCUT2D eigenvalue weighted by molar-refractivity contribution is -0.148. The Labute approximate surface area is 146 Å². The molecule has 134 valence electrons. The van der Waals surface area contributed by atoms with Crippen LogP contribution in [0.1, 0.15) is 12.8 Å². The number of esters is 2. The largest absolute Gasteiger partial charge is 0.458 e. The standard InChI is InChI=1S/C19H22O6/c1-8-5-14(24-18(22)9(2)7-20)16-11(4)19(23)25-17(16)15-10(3)13(21)6-12(8)15/h12-17,20-21H,1-7H2. The van der Waals surface area contributed by atoms with Crippen LogP contribution in [0.3, 0.4) is 0 Å². The first-order valence-electron chi connectivity index (χ1n) is 8.20. The highest BCUT2D eigenvalue weighted by molar-refractivity contribution is 5.92. The summed E-state index contributed by atoms with van der Waals surface area (Å²) in [6.07, 6.45) is -1.19. The third-order valence-electron chi connectivity index (χ3n) is 5.51. The molecule has 25 heavy (non-hydrogen) atoms. The molecule has 6 atom stereocenters. The van der Waals surface area contributed by atoms with Crippen LogP contribution in [-0.4, -0.2) is 47.1 Å². The van der Waals surface area contributed by atoms with E-state index in [2.05, 4.69) is 26.3 Å². The van der Waals surface area contributed by atoms with E-state index in [0.29, 0.717) is 18.4 Å². The smallest absolute Gasteiger partial charge is 0.336 e. The first-order valence-corrected chi connectivity index (χ1v) is 8.20. The van der Waals surface area contributed by atoms with Crippen LogP contribution in [0.2, 0.25) is 0 Å². The second kappa shape index (κ2) is 6.28. The predicted molar refractivity (Wildman–Crippen MR) is 89.1 cm³/mol. The SMILES string of the molecule is C=C(CO)C(=O)OC1CC(=C)C2CC(O)C(=C)C2C2OC(=O)C(=C)C12. The second-order valence-corrected chi connectivity index (χ2v) is 6.95. The molecule has 2 aliphatic carbocycles. The summed E-state index contributed by atoms with van der Waals surface area (Å²) in [6, 6.07) is 0. The third-order valence-corrected chi connectivity index (χ3v) is 5.51. The number of fused-ring (bicyclic) bond motifs is 3. The predicted octanol–water partition coefficient (Wildman–Crippen LogP) is 1.06. The zero-order valence-electron chi connectivity index (χ0n) is 13.9. The first kappa shape index (κ1) is 17.6. The quantitative estimate of drug-likeness (QED) is 0.451. The summed E-state index contributed by atoms with van der Waals surface area (Å²) in [6.45, 7) is 14.8. The fraction of sp³-hybridized carbons (Fsp3) is 0.474. The molecular formula is C19H22O6. The zero-order valence-corrected chi connectivity index (χ0v) is 13.9. The highest BCUT2D eigenvalue weighted by Gasteiger charge is 2.56. The van der Waals surface area contributed by atoms with Gasteiger partial charge >= 0.3 is 11.9 Å². The average Bonchev–Trinajstić information content (AvgIpc) is 2.99. The number of carbonyl (C=O) groups excluding carboxylic acids is 2. The highest BCUT2D eigenvalue weighted by atomic mass is 16.6. The van der Waals surface area contributed by atoms with Crippen molar-refractivity contribution in [2.24, 2.45) is 17.8 Å². The molecular weight excluding hydrogens is 324 g/mol.